The topological polar surface area (TPSA) is 0 Å². The van der Waals surface area contributed by atoms with Crippen LogP contribution < -0.4 is 0 Å². The quantitative estimate of drug-likeness (QED) is 0.544. The van der Waals surface area contributed by atoms with Gasteiger partial charge in [-0.15, -0.1) is 0 Å². The van der Waals surface area contributed by atoms with Gasteiger partial charge >= 0.3 is 6.18 Å². The Bertz CT molecular complexity index is 102. The molecule has 3 heteroatoms. The molecule has 0 rings (SSSR count). The van der Waals surface area contributed by atoms with E-state index in [-0.39, 0.29) is 6.42 Å². The summed E-state index contributed by atoms with van der Waals surface area (Å²) in [5, 5.41) is 0. The van der Waals surface area contributed by atoms with Crippen LogP contribution in [0.15, 0.2) is 12.2 Å². The molecule has 0 saturated heterocycles. The molecule has 0 heterocycles. The van der Waals surface area contributed by atoms with E-state index in [2.05, 4.69) is 0 Å². The van der Waals surface area contributed by atoms with Gasteiger partial charge in [-0.25, -0.2) is 0 Å². The largest absolute Gasteiger partial charge is 0.389 e. The van der Waals surface area contributed by atoms with Crippen LogP contribution in [-0.2, 0) is 0 Å². The average molecular weight is 152 g/mol. The Kier molecular flexibility index (Phi) is 4.16. The maximum Gasteiger partial charge on any atom is 0.389 e. The van der Waals surface area contributed by atoms with Gasteiger partial charge in [-0.05, 0) is 12.8 Å². The minimum Gasteiger partial charge on any atom is -0.171 e. The minimum atomic E-state index is -4.00. The molecule has 0 aromatic rings. The smallest absolute Gasteiger partial charge is 0.171 e. The van der Waals surface area contributed by atoms with Crippen molar-refractivity contribution in [3.8, 4) is 0 Å². The Balaban J connectivity index is 3.28. The van der Waals surface area contributed by atoms with Crippen LogP contribution in [-0.4, -0.2) is 6.18 Å². The summed E-state index contributed by atoms with van der Waals surface area (Å²) in [5.74, 6) is 0. The molecule has 10 heavy (non-hydrogen) atoms. The van der Waals surface area contributed by atoms with Gasteiger partial charge in [0.25, 0.3) is 0 Å². The molecule has 0 aliphatic rings. The summed E-state index contributed by atoms with van der Waals surface area (Å²) >= 11 is 0. The first-order valence-electron chi connectivity index (χ1n) is 3.28. The number of rotatable bonds is 3. The van der Waals surface area contributed by atoms with Crippen molar-refractivity contribution < 1.29 is 13.2 Å². The summed E-state index contributed by atoms with van der Waals surface area (Å²) in [6, 6.07) is 0. The van der Waals surface area contributed by atoms with E-state index in [1.165, 1.54) is 0 Å². The molecule has 0 amide bonds. The molecule has 0 aliphatic carbocycles. The van der Waals surface area contributed by atoms with Crippen molar-refractivity contribution in [2.75, 3.05) is 0 Å². The summed E-state index contributed by atoms with van der Waals surface area (Å²) < 4.78 is 34.3. The molecule has 0 aromatic carbocycles. The molecular weight excluding hydrogens is 141 g/mol. The summed E-state index contributed by atoms with van der Waals surface area (Å²) in [6.07, 6.45) is -0.490. The molecular formula is C7H11F3. The summed E-state index contributed by atoms with van der Waals surface area (Å²) in [5.41, 5.74) is 0. The first kappa shape index (κ1) is 9.53. The normalized spacial score (nSPS) is 12.8. The molecule has 0 atom stereocenters. The molecule has 0 unspecified atom stereocenters. The second-order valence-corrected chi connectivity index (χ2v) is 2.03. The van der Waals surface area contributed by atoms with Crippen molar-refractivity contribution in [2.24, 2.45) is 0 Å². The zero-order chi connectivity index (χ0) is 8.04. The van der Waals surface area contributed by atoms with E-state index in [0.717, 1.165) is 6.42 Å². The summed E-state index contributed by atoms with van der Waals surface area (Å²) in [6.45, 7) is 1.89. The second kappa shape index (κ2) is 4.36. The molecule has 0 aromatic heterocycles. The highest BCUT2D eigenvalue weighted by Gasteiger charge is 2.25. The molecule has 60 valence electrons. The van der Waals surface area contributed by atoms with Crippen LogP contribution >= 0.6 is 0 Å². The van der Waals surface area contributed by atoms with E-state index < -0.39 is 12.6 Å². The maximum atomic E-state index is 11.4. The predicted molar refractivity (Wildman–Crippen MR) is 34.7 cm³/mol. The van der Waals surface area contributed by atoms with Gasteiger partial charge in [0.05, 0.1) is 0 Å². The number of hydrogen-bond donors (Lipinski definition) is 0. The van der Waals surface area contributed by atoms with Gasteiger partial charge < -0.3 is 0 Å². The molecule has 0 saturated carbocycles. The van der Waals surface area contributed by atoms with Gasteiger partial charge in [0, 0.05) is 6.42 Å². The zero-order valence-corrected chi connectivity index (χ0v) is 5.91. The fourth-order valence-corrected chi connectivity index (χ4v) is 0.532. The van der Waals surface area contributed by atoms with Gasteiger partial charge in [0.15, 0.2) is 0 Å². The van der Waals surface area contributed by atoms with Crippen molar-refractivity contribution in [3.63, 3.8) is 0 Å². The molecule has 0 spiro atoms. The number of halogens is 3. The third-order valence-electron chi connectivity index (χ3n) is 0.997. The van der Waals surface area contributed by atoms with E-state index in [9.17, 15) is 13.2 Å². The molecule has 0 radical (unpaired) electrons. The van der Waals surface area contributed by atoms with Crippen molar-refractivity contribution in [2.45, 2.75) is 32.4 Å². The van der Waals surface area contributed by atoms with Crippen LogP contribution in [0.3, 0.4) is 0 Å². The van der Waals surface area contributed by atoms with Crippen LogP contribution in [0.4, 0.5) is 13.2 Å². The predicted octanol–water partition coefficient (Wildman–Crippen LogP) is 3.30. The second-order valence-electron chi connectivity index (χ2n) is 2.03. The fraction of sp³-hybridized carbons (Fsp3) is 0.714. The van der Waals surface area contributed by atoms with Crippen LogP contribution in [0.25, 0.3) is 0 Å². The third kappa shape index (κ3) is 7.53. The van der Waals surface area contributed by atoms with E-state index in [1.807, 2.05) is 6.92 Å². The first-order chi connectivity index (χ1) is 4.56. The van der Waals surface area contributed by atoms with Gasteiger partial charge in [-0.3, -0.25) is 0 Å². The highest BCUT2D eigenvalue weighted by molar-refractivity contribution is 4.80. The number of alkyl halides is 3. The van der Waals surface area contributed by atoms with E-state index in [4.69, 9.17) is 0 Å². The van der Waals surface area contributed by atoms with Crippen molar-refractivity contribution in [1.29, 1.82) is 0 Å². The SMILES string of the molecule is CC/C=C\CCC(F)(F)F. The Morgan fingerprint density at radius 1 is 1.20 bits per heavy atom. The highest BCUT2D eigenvalue weighted by atomic mass is 19.4. The lowest BCUT2D eigenvalue weighted by Gasteiger charge is -2.01. The maximum absolute atomic E-state index is 11.4. The van der Waals surface area contributed by atoms with E-state index >= 15 is 0 Å². The molecule has 0 N–H and O–H groups in total. The van der Waals surface area contributed by atoms with E-state index in [0.29, 0.717) is 0 Å². The zero-order valence-electron chi connectivity index (χ0n) is 5.91. The summed E-state index contributed by atoms with van der Waals surface area (Å²) in [4.78, 5) is 0. The van der Waals surface area contributed by atoms with Crippen molar-refractivity contribution in [3.05, 3.63) is 12.2 Å². The Labute approximate surface area is 58.7 Å². The highest BCUT2D eigenvalue weighted by Crippen LogP contribution is 2.21. The molecule has 0 fully saturated rings. The van der Waals surface area contributed by atoms with Gasteiger partial charge in [-0.2, -0.15) is 13.2 Å². The van der Waals surface area contributed by atoms with Crippen molar-refractivity contribution in [1.82, 2.24) is 0 Å². The Hall–Kier alpha value is -0.470. The first-order valence-corrected chi connectivity index (χ1v) is 3.28. The van der Waals surface area contributed by atoms with Crippen molar-refractivity contribution >= 4 is 0 Å². The fourth-order valence-electron chi connectivity index (χ4n) is 0.532. The lowest BCUT2D eigenvalue weighted by atomic mass is 10.2. The Morgan fingerprint density at radius 3 is 2.20 bits per heavy atom. The monoisotopic (exact) mass is 152 g/mol. The van der Waals surface area contributed by atoms with Gasteiger partial charge in [0.2, 0.25) is 0 Å². The van der Waals surface area contributed by atoms with Crippen LogP contribution in [0.5, 0.6) is 0 Å². The van der Waals surface area contributed by atoms with Crippen LogP contribution in [0.1, 0.15) is 26.2 Å². The lowest BCUT2D eigenvalue weighted by molar-refractivity contribution is -0.133. The van der Waals surface area contributed by atoms with Crippen LogP contribution in [0.2, 0.25) is 0 Å². The molecule has 0 bridgehead atoms. The Morgan fingerprint density at radius 2 is 1.80 bits per heavy atom. The van der Waals surface area contributed by atoms with Gasteiger partial charge in [0.1, 0.15) is 0 Å². The number of allylic oxidation sites excluding steroid dienone is 2. The summed E-state index contributed by atoms with van der Waals surface area (Å²) in [7, 11) is 0. The minimum absolute atomic E-state index is 0.108. The van der Waals surface area contributed by atoms with Crippen LogP contribution in [0, 0.1) is 0 Å². The number of hydrogen-bond acceptors (Lipinski definition) is 0. The average Bonchev–Trinajstić information content (AvgIpc) is 1.78. The van der Waals surface area contributed by atoms with Gasteiger partial charge in [-0.1, -0.05) is 19.1 Å². The molecule has 0 nitrogen and oxygen atoms in total. The standard InChI is InChI=1S/C7H11F3/c1-2-3-4-5-6-7(8,9)10/h3-4H,2,5-6H2,1H3/b4-3-. The molecule has 0 aliphatic heterocycles. The third-order valence-corrected chi connectivity index (χ3v) is 0.997. The van der Waals surface area contributed by atoms with E-state index in [1.54, 1.807) is 12.2 Å². The lowest BCUT2D eigenvalue weighted by Crippen LogP contribution is -2.05.